The quantitative estimate of drug-likeness (QED) is 0.783. The molecule has 0 saturated carbocycles. The number of methoxy groups -OCH3 is 1. The molecule has 1 aliphatic carbocycles. The van der Waals surface area contributed by atoms with E-state index in [9.17, 15) is 9.59 Å². The number of alkyl carbamates (subject to hydrolysis) is 1. The normalized spacial score (nSPS) is 21.9. The third kappa shape index (κ3) is 3.05. The number of hydrogen-bond acceptors (Lipinski definition) is 3. The number of rotatable bonds is 2. The van der Waals surface area contributed by atoms with Gasteiger partial charge in [0, 0.05) is 6.04 Å². The van der Waals surface area contributed by atoms with E-state index in [-0.39, 0.29) is 11.9 Å². The van der Waals surface area contributed by atoms with E-state index in [0.717, 1.165) is 24.0 Å². The van der Waals surface area contributed by atoms with Gasteiger partial charge in [0.25, 0.3) is 0 Å². The Kier molecular flexibility index (Phi) is 4.04. The first kappa shape index (κ1) is 13.4. The van der Waals surface area contributed by atoms with Crippen molar-refractivity contribution in [3.63, 3.8) is 0 Å². The number of fused-ring (bicyclic) bond motifs is 1. The van der Waals surface area contributed by atoms with Gasteiger partial charge in [-0.1, -0.05) is 18.2 Å². The summed E-state index contributed by atoms with van der Waals surface area (Å²) in [6.07, 6.45) is 1.57. The summed E-state index contributed by atoms with van der Waals surface area (Å²) in [5.41, 5.74) is 7.49. The van der Waals surface area contributed by atoms with Gasteiger partial charge >= 0.3 is 6.09 Å². The number of amides is 2. The summed E-state index contributed by atoms with van der Waals surface area (Å²) < 4.78 is 4.59. The van der Waals surface area contributed by atoms with E-state index in [2.05, 4.69) is 16.1 Å². The standard InChI is InChI=1S/C14H17N2O3/c1-19-14(18)16-10-7-6-9-4-2-3-5-11(9)12(8-10)13(15)17/h2,4-5,10,12H,6-8H2,1H3,(H2,15,17)(H,16,18). The first-order valence-corrected chi connectivity index (χ1v) is 6.24. The molecule has 0 aliphatic heterocycles. The van der Waals surface area contributed by atoms with Gasteiger partial charge in [-0.25, -0.2) is 4.79 Å². The van der Waals surface area contributed by atoms with Crippen molar-refractivity contribution in [3.05, 3.63) is 35.4 Å². The van der Waals surface area contributed by atoms with Crippen LogP contribution in [0.3, 0.4) is 0 Å². The molecule has 0 bridgehead atoms. The Labute approximate surface area is 112 Å². The highest BCUT2D eigenvalue weighted by molar-refractivity contribution is 5.82. The van der Waals surface area contributed by atoms with Gasteiger partial charge in [0.05, 0.1) is 13.0 Å². The summed E-state index contributed by atoms with van der Waals surface area (Å²) in [5.74, 6) is -0.767. The second-order valence-corrected chi connectivity index (χ2v) is 4.69. The smallest absolute Gasteiger partial charge is 0.407 e. The van der Waals surface area contributed by atoms with Crippen LogP contribution in [0.1, 0.15) is 29.9 Å². The minimum atomic E-state index is -0.481. The van der Waals surface area contributed by atoms with E-state index in [1.807, 2.05) is 18.2 Å². The van der Waals surface area contributed by atoms with Gasteiger partial charge in [0.2, 0.25) is 5.91 Å². The molecule has 1 radical (unpaired) electrons. The lowest BCUT2D eigenvalue weighted by molar-refractivity contribution is -0.119. The summed E-state index contributed by atoms with van der Waals surface area (Å²) in [6.45, 7) is 0. The van der Waals surface area contributed by atoms with Crippen molar-refractivity contribution in [3.8, 4) is 0 Å². The van der Waals surface area contributed by atoms with Gasteiger partial charge in [-0.15, -0.1) is 0 Å². The number of benzene rings is 1. The van der Waals surface area contributed by atoms with Gasteiger partial charge in [0.15, 0.2) is 0 Å². The van der Waals surface area contributed by atoms with Crippen LogP contribution in [0.5, 0.6) is 0 Å². The zero-order valence-electron chi connectivity index (χ0n) is 10.8. The number of nitrogens with two attached hydrogens (primary N) is 1. The molecule has 1 aromatic carbocycles. The molecule has 0 saturated heterocycles. The van der Waals surface area contributed by atoms with Crippen LogP contribution in [0.15, 0.2) is 18.2 Å². The summed E-state index contributed by atoms with van der Waals surface area (Å²) in [6, 6.07) is 8.45. The monoisotopic (exact) mass is 261 g/mol. The van der Waals surface area contributed by atoms with E-state index < -0.39 is 12.0 Å². The second-order valence-electron chi connectivity index (χ2n) is 4.69. The molecule has 5 heteroatoms. The number of carbonyl (C=O) groups is 2. The maximum absolute atomic E-state index is 11.6. The second kappa shape index (κ2) is 5.73. The SMILES string of the molecule is COC(=O)NC1CCc2cc[c]cc2C(C(N)=O)C1. The van der Waals surface area contributed by atoms with Gasteiger partial charge < -0.3 is 15.8 Å². The molecule has 2 unspecified atom stereocenters. The molecular weight excluding hydrogens is 244 g/mol. The zero-order chi connectivity index (χ0) is 13.8. The van der Waals surface area contributed by atoms with E-state index in [1.165, 1.54) is 7.11 Å². The summed E-state index contributed by atoms with van der Waals surface area (Å²) in [5, 5.41) is 2.75. The highest BCUT2D eigenvalue weighted by atomic mass is 16.5. The molecule has 1 aliphatic rings. The van der Waals surface area contributed by atoms with Gasteiger partial charge in [-0.2, -0.15) is 0 Å². The topological polar surface area (TPSA) is 81.4 Å². The molecule has 3 N–H and O–H groups in total. The number of hydrogen-bond donors (Lipinski definition) is 2. The number of aryl methyl sites for hydroxylation is 1. The maximum Gasteiger partial charge on any atom is 0.407 e. The molecule has 0 fully saturated rings. The lowest BCUT2D eigenvalue weighted by Crippen LogP contribution is -2.37. The van der Waals surface area contributed by atoms with Crippen LogP contribution in [-0.4, -0.2) is 25.2 Å². The molecule has 2 atom stereocenters. The van der Waals surface area contributed by atoms with Crippen LogP contribution in [-0.2, 0) is 16.0 Å². The average Bonchev–Trinajstić information content (AvgIpc) is 2.59. The van der Waals surface area contributed by atoms with Crippen molar-refractivity contribution in [2.75, 3.05) is 7.11 Å². The van der Waals surface area contributed by atoms with Gasteiger partial charge in [-0.3, -0.25) is 4.79 Å². The summed E-state index contributed by atoms with van der Waals surface area (Å²) in [4.78, 5) is 22.9. The molecule has 5 nitrogen and oxygen atoms in total. The first-order chi connectivity index (χ1) is 9.11. The van der Waals surface area contributed by atoms with Crippen LogP contribution >= 0.6 is 0 Å². The largest absolute Gasteiger partial charge is 0.453 e. The minimum absolute atomic E-state index is 0.114. The van der Waals surface area contributed by atoms with Crippen LogP contribution in [0.2, 0.25) is 0 Å². The lowest BCUT2D eigenvalue weighted by atomic mass is 9.91. The van der Waals surface area contributed by atoms with Crippen molar-refractivity contribution >= 4 is 12.0 Å². The van der Waals surface area contributed by atoms with Crippen LogP contribution in [0, 0.1) is 6.07 Å². The lowest BCUT2D eigenvalue weighted by Gasteiger charge is -2.19. The Bertz CT molecular complexity index is 487. The van der Waals surface area contributed by atoms with E-state index in [4.69, 9.17) is 5.73 Å². The van der Waals surface area contributed by atoms with Crippen LogP contribution in [0.4, 0.5) is 4.79 Å². The van der Waals surface area contributed by atoms with Gasteiger partial charge in [0.1, 0.15) is 0 Å². The Morgan fingerprint density at radius 2 is 2.32 bits per heavy atom. The first-order valence-electron chi connectivity index (χ1n) is 6.24. The van der Waals surface area contributed by atoms with E-state index >= 15 is 0 Å². The predicted octanol–water partition coefficient (Wildman–Crippen LogP) is 1.12. The Balaban J connectivity index is 2.23. The molecule has 2 rings (SSSR count). The third-order valence-corrected chi connectivity index (χ3v) is 3.50. The Morgan fingerprint density at radius 3 is 3.00 bits per heavy atom. The van der Waals surface area contributed by atoms with Crippen molar-refractivity contribution in [1.29, 1.82) is 0 Å². The fourth-order valence-electron chi connectivity index (χ4n) is 2.51. The van der Waals surface area contributed by atoms with Crippen molar-refractivity contribution in [1.82, 2.24) is 5.32 Å². The molecule has 101 valence electrons. The highest BCUT2D eigenvalue weighted by Crippen LogP contribution is 2.30. The average molecular weight is 261 g/mol. The Morgan fingerprint density at radius 1 is 1.53 bits per heavy atom. The van der Waals surface area contributed by atoms with Crippen LogP contribution in [0.25, 0.3) is 0 Å². The molecule has 0 heterocycles. The fourth-order valence-corrected chi connectivity index (χ4v) is 2.51. The summed E-state index contributed by atoms with van der Waals surface area (Å²) in [7, 11) is 1.32. The summed E-state index contributed by atoms with van der Waals surface area (Å²) >= 11 is 0. The number of primary amides is 1. The van der Waals surface area contributed by atoms with Crippen molar-refractivity contribution in [2.45, 2.75) is 31.2 Å². The molecule has 0 aromatic heterocycles. The maximum atomic E-state index is 11.6. The van der Waals surface area contributed by atoms with Crippen molar-refractivity contribution in [2.24, 2.45) is 5.73 Å². The zero-order valence-corrected chi connectivity index (χ0v) is 10.8. The molecule has 2 amide bonds. The third-order valence-electron chi connectivity index (χ3n) is 3.50. The number of nitrogens with one attached hydrogen (secondary N) is 1. The Hall–Kier alpha value is -2.04. The minimum Gasteiger partial charge on any atom is -0.453 e. The molecular formula is C14H17N2O3. The van der Waals surface area contributed by atoms with Crippen molar-refractivity contribution < 1.29 is 14.3 Å². The molecule has 0 spiro atoms. The highest BCUT2D eigenvalue weighted by Gasteiger charge is 2.28. The van der Waals surface area contributed by atoms with E-state index in [1.54, 1.807) is 0 Å². The number of ether oxygens (including phenoxy) is 1. The number of carbonyl (C=O) groups excluding carboxylic acids is 2. The van der Waals surface area contributed by atoms with Crippen LogP contribution < -0.4 is 11.1 Å². The van der Waals surface area contributed by atoms with Gasteiger partial charge in [-0.05, 0) is 36.5 Å². The predicted molar refractivity (Wildman–Crippen MR) is 69.5 cm³/mol. The molecule has 19 heavy (non-hydrogen) atoms. The van der Waals surface area contributed by atoms with E-state index in [0.29, 0.717) is 6.42 Å². The molecule has 1 aromatic rings. The fraction of sp³-hybridized carbons (Fsp3) is 0.429.